The number of carboxylic acids is 1. The van der Waals surface area contributed by atoms with Crippen molar-refractivity contribution in [3.63, 3.8) is 0 Å². The number of carbonyl (C=O) groups is 3. The van der Waals surface area contributed by atoms with Crippen molar-refractivity contribution in [2.45, 2.75) is 47.1 Å². The summed E-state index contributed by atoms with van der Waals surface area (Å²) in [4.78, 5) is 30.9. The lowest BCUT2D eigenvalue weighted by Crippen LogP contribution is -2.40. The van der Waals surface area contributed by atoms with Crippen LogP contribution in [-0.4, -0.2) is 35.6 Å². The van der Waals surface area contributed by atoms with Crippen molar-refractivity contribution < 1.29 is 24.2 Å². The van der Waals surface area contributed by atoms with Crippen molar-refractivity contribution in [1.82, 2.24) is 5.32 Å². The summed E-state index contributed by atoms with van der Waals surface area (Å²) >= 11 is 0. The van der Waals surface area contributed by atoms with Crippen LogP contribution in [0.2, 0.25) is 0 Å². The minimum absolute atomic E-state index is 0.211. The average molecular weight is 261 g/mol. The molecule has 0 aliphatic carbocycles. The zero-order chi connectivity index (χ0) is 14.7. The second kappa shape index (κ2) is 10.6. The lowest BCUT2D eigenvalue weighted by molar-refractivity contribution is -0.142. The quantitative estimate of drug-likeness (QED) is 0.725. The van der Waals surface area contributed by atoms with E-state index in [9.17, 15) is 14.4 Å². The molecule has 0 saturated heterocycles. The Morgan fingerprint density at radius 2 is 1.72 bits per heavy atom. The molecular formula is C12H23NO5. The summed E-state index contributed by atoms with van der Waals surface area (Å²) in [5.41, 5.74) is 0. The summed E-state index contributed by atoms with van der Waals surface area (Å²) in [7, 11) is 0. The Hall–Kier alpha value is -1.59. The molecule has 0 fully saturated rings. The summed E-state index contributed by atoms with van der Waals surface area (Å²) in [5.74, 6) is -1.22. The zero-order valence-electron chi connectivity index (χ0n) is 11.6. The van der Waals surface area contributed by atoms with Crippen molar-refractivity contribution in [3.8, 4) is 0 Å². The third-order valence-corrected chi connectivity index (χ3v) is 1.73. The number of carboxylic acid groups (broad SMARTS) is 1. The highest BCUT2D eigenvalue weighted by Crippen LogP contribution is 2.04. The van der Waals surface area contributed by atoms with Gasteiger partial charge in [-0.2, -0.15) is 0 Å². The minimum atomic E-state index is -0.973. The molecule has 0 saturated carbocycles. The van der Waals surface area contributed by atoms with Crippen LogP contribution >= 0.6 is 0 Å². The van der Waals surface area contributed by atoms with Gasteiger partial charge in [-0.3, -0.25) is 9.59 Å². The normalized spacial score (nSPS) is 11.0. The van der Waals surface area contributed by atoms with Gasteiger partial charge in [0.15, 0.2) is 0 Å². The van der Waals surface area contributed by atoms with Gasteiger partial charge in [0.2, 0.25) is 5.91 Å². The van der Waals surface area contributed by atoms with Crippen LogP contribution in [-0.2, 0) is 19.1 Å². The molecule has 0 spiro atoms. The SMILES string of the molecule is CC(=O)NC(CC(C)C)C(=O)O.CCOC(C)=O. The fourth-order valence-corrected chi connectivity index (χ4v) is 1.14. The molecule has 1 amide bonds. The first-order valence-electron chi connectivity index (χ1n) is 5.83. The van der Waals surface area contributed by atoms with Gasteiger partial charge in [0.05, 0.1) is 6.61 Å². The van der Waals surface area contributed by atoms with E-state index in [2.05, 4.69) is 10.1 Å². The zero-order valence-corrected chi connectivity index (χ0v) is 11.6. The molecule has 1 atom stereocenters. The molecule has 18 heavy (non-hydrogen) atoms. The predicted molar refractivity (Wildman–Crippen MR) is 67.0 cm³/mol. The van der Waals surface area contributed by atoms with Crippen LogP contribution in [0.1, 0.15) is 41.0 Å². The molecule has 2 N–H and O–H groups in total. The molecule has 0 aromatic carbocycles. The number of ether oxygens (including phenoxy) is 1. The first kappa shape index (κ1) is 18.8. The Morgan fingerprint density at radius 3 is 1.89 bits per heavy atom. The average Bonchev–Trinajstić information content (AvgIpc) is 2.15. The Balaban J connectivity index is 0. The Kier molecular flexibility index (Phi) is 11.0. The van der Waals surface area contributed by atoms with Crippen LogP contribution in [0.15, 0.2) is 0 Å². The molecule has 0 aromatic heterocycles. The molecule has 6 nitrogen and oxygen atoms in total. The molecule has 0 aliphatic rings. The lowest BCUT2D eigenvalue weighted by atomic mass is 10.0. The maximum absolute atomic E-state index is 10.6. The molecule has 1 unspecified atom stereocenters. The fourth-order valence-electron chi connectivity index (χ4n) is 1.14. The van der Waals surface area contributed by atoms with Gasteiger partial charge in [0.1, 0.15) is 6.04 Å². The van der Waals surface area contributed by atoms with Crippen LogP contribution in [0.3, 0.4) is 0 Å². The number of nitrogens with one attached hydrogen (secondary N) is 1. The van der Waals surface area contributed by atoms with Crippen LogP contribution in [0.4, 0.5) is 0 Å². The van der Waals surface area contributed by atoms with Gasteiger partial charge >= 0.3 is 11.9 Å². The van der Waals surface area contributed by atoms with Crippen LogP contribution in [0, 0.1) is 5.92 Å². The van der Waals surface area contributed by atoms with E-state index in [0.717, 1.165) is 0 Å². The summed E-state index contributed by atoms with van der Waals surface area (Å²) in [6, 6.07) is -0.748. The topological polar surface area (TPSA) is 92.7 Å². The number of carbonyl (C=O) groups excluding carboxylic acids is 2. The van der Waals surface area contributed by atoms with E-state index < -0.39 is 12.0 Å². The first-order chi connectivity index (χ1) is 8.20. The van der Waals surface area contributed by atoms with Gasteiger partial charge < -0.3 is 15.2 Å². The van der Waals surface area contributed by atoms with Gasteiger partial charge in [-0.15, -0.1) is 0 Å². The van der Waals surface area contributed by atoms with Crippen molar-refractivity contribution >= 4 is 17.8 Å². The maximum Gasteiger partial charge on any atom is 0.326 e. The van der Waals surface area contributed by atoms with Crippen molar-refractivity contribution in [2.24, 2.45) is 5.92 Å². The van der Waals surface area contributed by atoms with E-state index >= 15 is 0 Å². The molecule has 0 bridgehead atoms. The molecule has 0 aromatic rings. The Bertz CT molecular complexity index is 276. The molecular weight excluding hydrogens is 238 g/mol. The highest BCUT2D eigenvalue weighted by molar-refractivity contribution is 5.81. The lowest BCUT2D eigenvalue weighted by Gasteiger charge is -2.14. The van der Waals surface area contributed by atoms with Gasteiger partial charge in [-0.05, 0) is 19.3 Å². The minimum Gasteiger partial charge on any atom is -0.480 e. The van der Waals surface area contributed by atoms with Crippen molar-refractivity contribution in [2.75, 3.05) is 6.61 Å². The van der Waals surface area contributed by atoms with Crippen LogP contribution in [0.5, 0.6) is 0 Å². The Labute approximate surface area is 108 Å². The van der Waals surface area contributed by atoms with Gasteiger partial charge in [-0.25, -0.2) is 4.79 Å². The van der Waals surface area contributed by atoms with Crippen molar-refractivity contribution in [3.05, 3.63) is 0 Å². The van der Waals surface area contributed by atoms with Gasteiger partial charge in [-0.1, -0.05) is 13.8 Å². The largest absolute Gasteiger partial charge is 0.480 e. The summed E-state index contributed by atoms with van der Waals surface area (Å²) < 4.78 is 4.40. The summed E-state index contributed by atoms with van der Waals surface area (Å²) in [6.07, 6.45) is 0.467. The standard InChI is InChI=1S/C8H15NO3.C4H8O2/c1-5(2)4-7(8(11)12)9-6(3)10;1-3-6-4(2)5/h5,7H,4H2,1-3H3,(H,9,10)(H,11,12);3H2,1-2H3. The molecule has 106 valence electrons. The van der Waals surface area contributed by atoms with E-state index in [-0.39, 0.29) is 17.8 Å². The molecule has 0 heterocycles. The Morgan fingerprint density at radius 1 is 1.22 bits per heavy atom. The van der Waals surface area contributed by atoms with Gasteiger partial charge in [0, 0.05) is 13.8 Å². The number of esters is 1. The number of aliphatic carboxylic acids is 1. The number of amides is 1. The van der Waals surface area contributed by atoms with E-state index in [4.69, 9.17) is 5.11 Å². The van der Waals surface area contributed by atoms with Crippen LogP contribution in [0.25, 0.3) is 0 Å². The van der Waals surface area contributed by atoms with Crippen molar-refractivity contribution in [1.29, 1.82) is 0 Å². The molecule has 0 aliphatic heterocycles. The highest BCUT2D eigenvalue weighted by atomic mass is 16.5. The summed E-state index contributed by atoms with van der Waals surface area (Å²) in [5, 5.41) is 11.0. The smallest absolute Gasteiger partial charge is 0.326 e. The third kappa shape index (κ3) is 14.4. The molecule has 6 heteroatoms. The highest BCUT2D eigenvalue weighted by Gasteiger charge is 2.18. The van der Waals surface area contributed by atoms with E-state index in [1.165, 1.54) is 13.8 Å². The second-order valence-corrected chi connectivity index (χ2v) is 4.15. The number of hydrogen-bond acceptors (Lipinski definition) is 4. The third-order valence-electron chi connectivity index (χ3n) is 1.73. The monoisotopic (exact) mass is 261 g/mol. The van der Waals surface area contributed by atoms with E-state index in [0.29, 0.717) is 13.0 Å². The van der Waals surface area contributed by atoms with Crippen LogP contribution < -0.4 is 5.32 Å². The van der Waals surface area contributed by atoms with Gasteiger partial charge in [0.25, 0.3) is 0 Å². The first-order valence-corrected chi connectivity index (χ1v) is 5.83. The number of rotatable bonds is 5. The fraction of sp³-hybridized carbons (Fsp3) is 0.750. The predicted octanol–water partition coefficient (Wildman–Crippen LogP) is 1.19. The maximum atomic E-state index is 10.6. The van der Waals surface area contributed by atoms with E-state index in [1.54, 1.807) is 6.92 Å². The molecule has 0 radical (unpaired) electrons. The second-order valence-electron chi connectivity index (χ2n) is 4.15. The summed E-state index contributed by atoms with van der Waals surface area (Å²) in [6.45, 7) is 8.80. The number of hydrogen-bond donors (Lipinski definition) is 2. The van der Waals surface area contributed by atoms with E-state index in [1.807, 2.05) is 13.8 Å². The molecule has 0 rings (SSSR count).